The number of carbonyl (C=O) groups is 2. The summed E-state index contributed by atoms with van der Waals surface area (Å²) in [5, 5.41) is 0. The predicted molar refractivity (Wildman–Crippen MR) is 100 cm³/mol. The molecule has 188 valence electrons. The Morgan fingerprint density at radius 2 is 1.39 bits per heavy atom. The van der Waals surface area contributed by atoms with Crippen LogP contribution < -0.4 is 0 Å². The average molecular weight is 508 g/mol. The van der Waals surface area contributed by atoms with E-state index >= 15 is 0 Å². The van der Waals surface area contributed by atoms with Crippen LogP contribution in [-0.4, -0.2) is 39.2 Å². The van der Waals surface area contributed by atoms with E-state index in [0.717, 1.165) is 6.92 Å². The smallest absolute Gasteiger partial charge is 0.417 e. The van der Waals surface area contributed by atoms with Gasteiger partial charge in [0.15, 0.2) is 5.41 Å². The van der Waals surface area contributed by atoms with Crippen molar-refractivity contribution in [2.45, 2.75) is 57.5 Å². The van der Waals surface area contributed by atoms with Crippen LogP contribution in [0.4, 0.5) is 26.3 Å². The molecule has 1 aromatic carbocycles. The quantitative estimate of drug-likeness (QED) is 0.234. The van der Waals surface area contributed by atoms with Crippen molar-refractivity contribution >= 4 is 22.1 Å². The Morgan fingerprint density at radius 3 is 1.82 bits per heavy atom. The number of ether oxygens (including phenoxy) is 2. The van der Waals surface area contributed by atoms with E-state index in [2.05, 4.69) is 4.18 Å². The number of rotatable bonds is 7. The molecule has 0 saturated heterocycles. The minimum Gasteiger partial charge on any atom is -0.465 e. The van der Waals surface area contributed by atoms with Crippen molar-refractivity contribution in [3.63, 3.8) is 0 Å². The Kier molecular flexibility index (Phi) is 8.25. The van der Waals surface area contributed by atoms with Crippen molar-refractivity contribution in [2.75, 3.05) is 13.2 Å². The van der Waals surface area contributed by atoms with Gasteiger partial charge in [0.05, 0.1) is 29.2 Å². The summed E-state index contributed by atoms with van der Waals surface area (Å²) >= 11 is 0. The van der Waals surface area contributed by atoms with Crippen molar-refractivity contribution in [1.29, 1.82) is 0 Å². The minimum atomic E-state index is -5.54. The molecule has 0 saturated carbocycles. The van der Waals surface area contributed by atoms with E-state index in [-0.39, 0.29) is 24.8 Å². The van der Waals surface area contributed by atoms with Gasteiger partial charge in [0.2, 0.25) is 0 Å². The van der Waals surface area contributed by atoms with E-state index in [4.69, 9.17) is 9.47 Å². The highest BCUT2D eigenvalue weighted by atomic mass is 32.2. The number of benzene rings is 1. The summed E-state index contributed by atoms with van der Waals surface area (Å²) in [6.45, 7) is 5.23. The number of halogens is 6. The van der Waals surface area contributed by atoms with Gasteiger partial charge in [-0.05, 0) is 52.8 Å². The summed E-state index contributed by atoms with van der Waals surface area (Å²) in [6, 6.07) is -0.0343. The van der Waals surface area contributed by atoms with Crippen LogP contribution in [0.2, 0.25) is 0 Å². The second-order valence-corrected chi connectivity index (χ2v) is 9.59. The Morgan fingerprint density at radius 1 is 0.879 bits per heavy atom. The predicted octanol–water partition coefficient (Wildman–Crippen LogP) is 4.34. The fraction of sp³-hybridized carbons (Fsp3) is 0.579. The monoisotopic (exact) mass is 508 g/mol. The molecular formula is C19H22F6O7S. The van der Waals surface area contributed by atoms with Gasteiger partial charge >= 0.3 is 24.3 Å². The van der Waals surface area contributed by atoms with Gasteiger partial charge in [-0.2, -0.15) is 34.8 Å². The highest BCUT2D eigenvalue weighted by Crippen LogP contribution is 2.41. The molecule has 1 unspecified atom stereocenters. The van der Waals surface area contributed by atoms with Crippen molar-refractivity contribution in [3.8, 4) is 0 Å². The highest BCUT2D eigenvalue weighted by molar-refractivity contribution is 7.86. The molecule has 0 fully saturated rings. The number of esters is 2. The molecule has 1 rings (SSSR count). The summed E-state index contributed by atoms with van der Waals surface area (Å²) in [6.07, 6.45) is -10.9. The van der Waals surface area contributed by atoms with Gasteiger partial charge in [0, 0.05) is 0 Å². The molecule has 0 spiro atoms. The third-order valence-corrected chi connectivity index (χ3v) is 5.23. The lowest BCUT2D eigenvalue weighted by molar-refractivity contribution is -0.180. The fourth-order valence-corrected chi connectivity index (χ4v) is 3.33. The molecule has 1 aromatic rings. The third kappa shape index (κ3) is 7.32. The molecule has 33 heavy (non-hydrogen) atoms. The van der Waals surface area contributed by atoms with Gasteiger partial charge in [-0.1, -0.05) is 0 Å². The van der Waals surface area contributed by atoms with Crippen molar-refractivity contribution < 1.29 is 58.0 Å². The average Bonchev–Trinajstić information content (AvgIpc) is 2.63. The van der Waals surface area contributed by atoms with E-state index in [1.807, 2.05) is 0 Å². The summed E-state index contributed by atoms with van der Waals surface area (Å²) in [5.41, 5.74) is -7.81. The molecule has 0 aromatic heterocycles. The molecule has 0 N–H and O–H groups in total. The van der Waals surface area contributed by atoms with Gasteiger partial charge in [-0.3, -0.25) is 13.8 Å². The van der Waals surface area contributed by atoms with Gasteiger partial charge in [0.1, 0.15) is 5.60 Å². The molecule has 0 aliphatic rings. The third-order valence-electron chi connectivity index (χ3n) is 3.97. The molecule has 0 heterocycles. The van der Waals surface area contributed by atoms with E-state index in [9.17, 15) is 44.3 Å². The second kappa shape index (κ2) is 9.49. The summed E-state index contributed by atoms with van der Waals surface area (Å²) < 4.78 is 117. The van der Waals surface area contributed by atoms with Crippen LogP contribution in [-0.2, 0) is 45.7 Å². The Hall–Kier alpha value is -2.35. The molecule has 0 bridgehead atoms. The first kappa shape index (κ1) is 28.7. The molecule has 14 heteroatoms. The molecule has 0 amide bonds. The summed E-state index contributed by atoms with van der Waals surface area (Å²) in [4.78, 5) is 23.6. The maximum Gasteiger partial charge on any atom is 0.417 e. The van der Waals surface area contributed by atoms with E-state index in [1.165, 1.54) is 27.7 Å². The van der Waals surface area contributed by atoms with Crippen molar-refractivity contribution in [3.05, 3.63) is 29.3 Å². The van der Waals surface area contributed by atoms with Gasteiger partial charge in [0.25, 0.3) is 10.1 Å². The first-order valence-electron chi connectivity index (χ1n) is 9.23. The van der Waals surface area contributed by atoms with E-state index in [1.54, 1.807) is 0 Å². The number of carbonyl (C=O) groups excluding carboxylic acids is 2. The Balaban J connectivity index is 3.38. The van der Waals surface area contributed by atoms with Crippen LogP contribution in [0.3, 0.4) is 0 Å². The molecular weight excluding hydrogens is 486 g/mol. The van der Waals surface area contributed by atoms with Crippen LogP contribution >= 0.6 is 0 Å². The SMILES string of the molecule is CCOC(=O)C(C)(COS(=O)(=O)c1ccc(C(F)(F)F)c(C(F)(F)F)c1)C(=O)OC(C)(C)C. The van der Waals surface area contributed by atoms with E-state index < -0.39 is 68.1 Å². The van der Waals surface area contributed by atoms with Gasteiger partial charge in [-0.25, -0.2) is 0 Å². The largest absolute Gasteiger partial charge is 0.465 e. The Bertz CT molecular complexity index is 993. The van der Waals surface area contributed by atoms with Crippen LogP contribution in [0.5, 0.6) is 0 Å². The van der Waals surface area contributed by atoms with Crippen molar-refractivity contribution in [2.24, 2.45) is 5.41 Å². The first-order valence-corrected chi connectivity index (χ1v) is 10.6. The van der Waals surface area contributed by atoms with Gasteiger partial charge in [-0.15, -0.1) is 0 Å². The van der Waals surface area contributed by atoms with Crippen LogP contribution in [0.1, 0.15) is 45.7 Å². The Labute approximate surface area is 186 Å². The summed E-state index contributed by atoms with van der Waals surface area (Å²) in [5.74, 6) is -2.48. The number of alkyl halides is 6. The first-order chi connectivity index (χ1) is 14.6. The molecule has 0 aliphatic heterocycles. The lowest BCUT2D eigenvalue weighted by atomic mass is 9.92. The van der Waals surface area contributed by atoms with Crippen molar-refractivity contribution in [1.82, 2.24) is 0 Å². The lowest BCUT2D eigenvalue weighted by Crippen LogP contribution is -2.46. The zero-order valence-corrected chi connectivity index (χ0v) is 19.0. The zero-order valence-electron chi connectivity index (χ0n) is 18.2. The van der Waals surface area contributed by atoms with E-state index in [0.29, 0.717) is 0 Å². The topological polar surface area (TPSA) is 96.0 Å². The molecule has 0 radical (unpaired) electrons. The minimum absolute atomic E-state index is 0.0581. The molecule has 7 nitrogen and oxygen atoms in total. The molecule has 0 aliphatic carbocycles. The van der Waals surface area contributed by atoms with Crippen LogP contribution in [0.25, 0.3) is 0 Å². The number of hydrogen-bond acceptors (Lipinski definition) is 7. The second-order valence-electron chi connectivity index (χ2n) is 7.97. The normalized spacial score (nSPS) is 15.0. The maximum atomic E-state index is 13.1. The highest BCUT2D eigenvalue weighted by Gasteiger charge is 2.48. The zero-order chi connectivity index (χ0) is 26.0. The van der Waals surface area contributed by atoms with Gasteiger partial charge < -0.3 is 9.47 Å². The fourth-order valence-electron chi connectivity index (χ4n) is 2.31. The summed E-state index contributed by atoms with van der Waals surface area (Å²) in [7, 11) is -5.15. The lowest BCUT2D eigenvalue weighted by Gasteiger charge is -2.29. The van der Waals surface area contributed by atoms with Crippen LogP contribution in [0.15, 0.2) is 23.1 Å². The standard InChI is InChI=1S/C19H22F6O7S/c1-6-30-14(26)17(5,15(27)32-16(2,3)4)10-31-33(28,29)11-7-8-12(18(20,21)22)13(9-11)19(23,24)25/h7-9H,6,10H2,1-5H3. The molecule has 1 atom stereocenters. The maximum absolute atomic E-state index is 13.1. The van der Waals surface area contributed by atoms with Crippen LogP contribution in [0, 0.1) is 5.41 Å². The number of hydrogen-bond donors (Lipinski definition) is 0.